The lowest BCUT2D eigenvalue weighted by molar-refractivity contribution is -0.0637. The first-order chi connectivity index (χ1) is 11.7. The maximum atomic E-state index is 5.44. The summed E-state index contributed by atoms with van der Waals surface area (Å²) in [5.41, 5.74) is 0. The summed E-state index contributed by atoms with van der Waals surface area (Å²) < 4.78 is 10.9. The first kappa shape index (κ1) is 22.0. The van der Waals surface area contributed by atoms with Crippen LogP contribution < -0.4 is 0 Å². The Morgan fingerprint density at radius 1 is 0.708 bits per heavy atom. The van der Waals surface area contributed by atoms with Crippen molar-refractivity contribution in [2.24, 2.45) is 11.8 Å². The molecule has 4 atom stereocenters. The fourth-order valence-corrected chi connectivity index (χ4v) is 3.65. The predicted molar refractivity (Wildman–Crippen MR) is 105 cm³/mol. The van der Waals surface area contributed by atoms with E-state index in [1.54, 1.807) is 0 Å². The Bertz CT molecular complexity index is 243. The molecule has 144 valence electrons. The van der Waals surface area contributed by atoms with Gasteiger partial charge in [0, 0.05) is 13.2 Å². The van der Waals surface area contributed by atoms with Crippen LogP contribution in [0.25, 0.3) is 0 Å². The van der Waals surface area contributed by atoms with Crippen molar-refractivity contribution in [2.45, 2.75) is 117 Å². The Hall–Kier alpha value is -0.0800. The van der Waals surface area contributed by atoms with Crippen LogP contribution in [0.1, 0.15) is 105 Å². The predicted octanol–water partition coefficient (Wildman–Crippen LogP) is 6.76. The van der Waals surface area contributed by atoms with E-state index in [2.05, 4.69) is 27.7 Å². The first-order valence-electron chi connectivity index (χ1n) is 11.0. The van der Waals surface area contributed by atoms with E-state index >= 15 is 0 Å². The van der Waals surface area contributed by atoms with Gasteiger partial charge in [-0.1, -0.05) is 79.1 Å². The van der Waals surface area contributed by atoms with Crippen LogP contribution >= 0.6 is 0 Å². The minimum absolute atomic E-state index is 0.617. The molecule has 0 bridgehead atoms. The third-order valence-electron chi connectivity index (χ3n) is 5.87. The fourth-order valence-electron chi connectivity index (χ4n) is 3.65. The molecule has 2 fully saturated rings. The zero-order valence-corrected chi connectivity index (χ0v) is 17.0. The molecular weight excluding hydrogens is 296 g/mol. The molecule has 0 aromatic rings. The molecule has 2 heteroatoms. The highest BCUT2D eigenvalue weighted by Gasteiger charge is 2.22. The minimum atomic E-state index is 0.617. The number of ether oxygens (including phenoxy) is 2. The molecule has 0 aliphatic carbocycles. The summed E-state index contributed by atoms with van der Waals surface area (Å²) in [5.74, 6) is 1.85. The van der Waals surface area contributed by atoms with Gasteiger partial charge in [0.1, 0.15) is 0 Å². The van der Waals surface area contributed by atoms with Gasteiger partial charge in [0.25, 0.3) is 0 Å². The topological polar surface area (TPSA) is 18.5 Å². The second-order valence-corrected chi connectivity index (χ2v) is 7.87. The van der Waals surface area contributed by atoms with Crippen LogP contribution in [0.15, 0.2) is 0 Å². The fraction of sp³-hybridized carbons (Fsp3) is 1.00. The zero-order valence-electron chi connectivity index (χ0n) is 17.0. The lowest BCUT2D eigenvalue weighted by Gasteiger charge is -2.29. The minimum Gasteiger partial charge on any atom is -0.378 e. The van der Waals surface area contributed by atoms with E-state index in [0.29, 0.717) is 12.2 Å². The molecule has 0 saturated carbocycles. The molecule has 2 aliphatic heterocycles. The van der Waals surface area contributed by atoms with Crippen molar-refractivity contribution < 1.29 is 9.47 Å². The summed E-state index contributed by atoms with van der Waals surface area (Å²) in [4.78, 5) is 0. The average Bonchev–Trinajstić information content (AvgIpc) is 2.52. The van der Waals surface area contributed by atoms with Crippen LogP contribution in [0.4, 0.5) is 0 Å². The number of hydrogen-bond donors (Lipinski definition) is 0. The van der Waals surface area contributed by atoms with Gasteiger partial charge in [-0.2, -0.15) is 0 Å². The van der Waals surface area contributed by atoms with Crippen molar-refractivity contribution in [1.29, 1.82) is 0 Å². The summed E-state index contributed by atoms with van der Waals surface area (Å²) in [7, 11) is 0. The molecule has 0 spiro atoms. The lowest BCUT2D eigenvalue weighted by Crippen LogP contribution is -2.28. The SMILES string of the molecule is CCCCC(CC)CC1CCO1.CCCCC(CC)CC1CCO1. The molecule has 24 heavy (non-hydrogen) atoms. The summed E-state index contributed by atoms with van der Waals surface area (Å²) in [6, 6.07) is 0. The molecular formula is C22H44O2. The molecule has 2 rings (SSSR count). The van der Waals surface area contributed by atoms with Crippen molar-refractivity contribution in [1.82, 2.24) is 0 Å². The van der Waals surface area contributed by atoms with Gasteiger partial charge in [0.15, 0.2) is 0 Å². The Morgan fingerprint density at radius 2 is 1.08 bits per heavy atom. The van der Waals surface area contributed by atoms with Gasteiger partial charge in [0.05, 0.1) is 12.2 Å². The van der Waals surface area contributed by atoms with E-state index in [4.69, 9.17) is 9.47 Å². The second kappa shape index (κ2) is 14.1. The van der Waals surface area contributed by atoms with E-state index in [0.717, 1.165) is 25.0 Å². The molecule has 2 nitrogen and oxygen atoms in total. The smallest absolute Gasteiger partial charge is 0.0599 e. The van der Waals surface area contributed by atoms with Crippen molar-refractivity contribution in [3.05, 3.63) is 0 Å². The molecule has 0 N–H and O–H groups in total. The highest BCUT2D eigenvalue weighted by molar-refractivity contribution is 4.72. The third-order valence-corrected chi connectivity index (χ3v) is 5.87. The summed E-state index contributed by atoms with van der Waals surface area (Å²) >= 11 is 0. The first-order valence-corrected chi connectivity index (χ1v) is 11.0. The van der Waals surface area contributed by atoms with E-state index in [-0.39, 0.29) is 0 Å². The molecule has 0 radical (unpaired) electrons. The quantitative estimate of drug-likeness (QED) is 0.390. The van der Waals surface area contributed by atoms with Crippen LogP contribution in [0.2, 0.25) is 0 Å². The Kier molecular flexibility index (Phi) is 12.9. The van der Waals surface area contributed by atoms with Gasteiger partial charge in [-0.05, 0) is 37.5 Å². The van der Waals surface area contributed by atoms with Gasteiger partial charge in [0.2, 0.25) is 0 Å². The van der Waals surface area contributed by atoms with Gasteiger partial charge in [-0.15, -0.1) is 0 Å². The number of rotatable bonds is 12. The van der Waals surface area contributed by atoms with Gasteiger partial charge in [-0.3, -0.25) is 0 Å². The second-order valence-electron chi connectivity index (χ2n) is 7.87. The van der Waals surface area contributed by atoms with Gasteiger partial charge in [-0.25, -0.2) is 0 Å². The number of hydrogen-bond acceptors (Lipinski definition) is 2. The van der Waals surface area contributed by atoms with E-state index in [9.17, 15) is 0 Å². The molecule has 2 aliphatic rings. The van der Waals surface area contributed by atoms with Gasteiger partial charge < -0.3 is 9.47 Å². The normalized spacial score (nSPS) is 25.0. The summed E-state index contributed by atoms with van der Waals surface area (Å²) in [5, 5.41) is 0. The molecule has 0 aromatic carbocycles. The number of unbranched alkanes of at least 4 members (excludes halogenated alkanes) is 2. The maximum Gasteiger partial charge on any atom is 0.0599 e. The maximum absolute atomic E-state index is 5.44. The average molecular weight is 341 g/mol. The third kappa shape index (κ3) is 9.42. The Morgan fingerprint density at radius 3 is 1.29 bits per heavy atom. The zero-order chi connectivity index (χ0) is 17.6. The van der Waals surface area contributed by atoms with Crippen molar-refractivity contribution in [3.8, 4) is 0 Å². The van der Waals surface area contributed by atoms with Crippen molar-refractivity contribution >= 4 is 0 Å². The Labute approximate surface area is 152 Å². The highest BCUT2D eigenvalue weighted by Crippen LogP contribution is 2.26. The molecule has 0 amide bonds. The summed E-state index contributed by atoms with van der Waals surface area (Å²) in [6.45, 7) is 11.2. The van der Waals surface area contributed by atoms with Crippen LogP contribution in [0.5, 0.6) is 0 Å². The molecule has 2 heterocycles. The van der Waals surface area contributed by atoms with E-state index in [1.165, 1.54) is 77.0 Å². The molecule has 0 aromatic heterocycles. The van der Waals surface area contributed by atoms with Crippen LogP contribution in [0, 0.1) is 11.8 Å². The van der Waals surface area contributed by atoms with Crippen molar-refractivity contribution in [2.75, 3.05) is 13.2 Å². The monoisotopic (exact) mass is 340 g/mol. The molecule has 4 unspecified atom stereocenters. The largest absolute Gasteiger partial charge is 0.378 e. The lowest BCUT2D eigenvalue weighted by atomic mass is 9.91. The van der Waals surface area contributed by atoms with Gasteiger partial charge >= 0.3 is 0 Å². The van der Waals surface area contributed by atoms with Crippen LogP contribution in [-0.4, -0.2) is 25.4 Å². The van der Waals surface area contributed by atoms with Crippen molar-refractivity contribution in [3.63, 3.8) is 0 Å². The van der Waals surface area contributed by atoms with Crippen LogP contribution in [-0.2, 0) is 9.47 Å². The van der Waals surface area contributed by atoms with E-state index < -0.39 is 0 Å². The van der Waals surface area contributed by atoms with Crippen LogP contribution in [0.3, 0.4) is 0 Å². The highest BCUT2D eigenvalue weighted by atomic mass is 16.5. The standard InChI is InChI=1S/2C11H22O/c2*1-3-5-6-10(4-2)9-11-7-8-12-11/h2*10-11H,3-9H2,1-2H3. The van der Waals surface area contributed by atoms with E-state index in [1.807, 2.05) is 0 Å². The Balaban J connectivity index is 0.000000240. The summed E-state index contributed by atoms with van der Waals surface area (Å²) in [6.07, 6.45) is 17.4. The molecule has 2 saturated heterocycles.